The third-order valence-electron chi connectivity index (χ3n) is 4.19. The van der Waals surface area contributed by atoms with Crippen LogP contribution in [0, 0.1) is 0 Å². The quantitative estimate of drug-likeness (QED) is 0.406. The Kier molecular flexibility index (Phi) is 15.3. The van der Waals surface area contributed by atoms with Gasteiger partial charge in [0.2, 0.25) is 0 Å². The molecule has 0 radical (unpaired) electrons. The molecular formula is C18H38O2. The highest BCUT2D eigenvalue weighted by Gasteiger charge is 2.04. The Morgan fingerprint density at radius 1 is 0.550 bits per heavy atom. The highest BCUT2D eigenvalue weighted by molar-refractivity contribution is 4.58. The van der Waals surface area contributed by atoms with Gasteiger partial charge in [-0.15, -0.1) is 0 Å². The van der Waals surface area contributed by atoms with Gasteiger partial charge in [0.15, 0.2) is 0 Å². The lowest BCUT2D eigenvalue weighted by Crippen LogP contribution is -2.06. The zero-order valence-electron chi connectivity index (χ0n) is 13.9. The molecule has 122 valence electrons. The van der Waals surface area contributed by atoms with E-state index in [1.165, 1.54) is 51.4 Å². The standard InChI is InChI=1S/C18H38O2/c1-3-5-6-7-8-12-15-18(20)16-13-10-9-11-14-17(19)4-2/h17-20H,3-16H2,1-2H3. The molecule has 2 nitrogen and oxygen atoms in total. The molecule has 0 aromatic carbocycles. The SMILES string of the molecule is CCCCCCCCC(O)CCCCCCC(O)CC. The third-order valence-corrected chi connectivity index (χ3v) is 4.19. The van der Waals surface area contributed by atoms with Crippen molar-refractivity contribution in [3.05, 3.63) is 0 Å². The average molecular weight is 286 g/mol. The van der Waals surface area contributed by atoms with Crippen LogP contribution < -0.4 is 0 Å². The number of aliphatic hydroxyl groups is 2. The van der Waals surface area contributed by atoms with Crippen LogP contribution in [0.15, 0.2) is 0 Å². The van der Waals surface area contributed by atoms with Gasteiger partial charge >= 0.3 is 0 Å². The molecule has 0 saturated heterocycles. The van der Waals surface area contributed by atoms with Crippen LogP contribution in [0.25, 0.3) is 0 Å². The van der Waals surface area contributed by atoms with Crippen molar-refractivity contribution in [3.63, 3.8) is 0 Å². The summed E-state index contributed by atoms with van der Waals surface area (Å²) >= 11 is 0. The monoisotopic (exact) mass is 286 g/mol. The fourth-order valence-electron chi connectivity index (χ4n) is 2.62. The molecule has 0 saturated carbocycles. The molecule has 2 heteroatoms. The van der Waals surface area contributed by atoms with E-state index in [0.717, 1.165) is 38.5 Å². The molecule has 2 unspecified atom stereocenters. The van der Waals surface area contributed by atoms with Crippen molar-refractivity contribution in [2.24, 2.45) is 0 Å². The van der Waals surface area contributed by atoms with E-state index in [1.807, 2.05) is 6.92 Å². The van der Waals surface area contributed by atoms with Crippen LogP contribution in [-0.2, 0) is 0 Å². The van der Waals surface area contributed by atoms with Gasteiger partial charge in [0.1, 0.15) is 0 Å². The first-order chi connectivity index (χ1) is 9.70. The number of unbranched alkanes of at least 4 members (excludes halogenated alkanes) is 8. The number of hydrogen-bond acceptors (Lipinski definition) is 2. The average Bonchev–Trinajstić information content (AvgIpc) is 2.46. The maximum Gasteiger partial charge on any atom is 0.0540 e. The minimum Gasteiger partial charge on any atom is -0.393 e. The molecule has 2 N–H and O–H groups in total. The molecule has 0 aliphatic carbocycles. The highest BCUT2D eigenvalue weighted by Crippen LogP contribution is 2.14. The van der Waals surface area contributed by atoms with E-state index < -0.39 is 0 Å². The van der Waals surface area contributed by atoms with Gasteiger partial charge in [0.05, 0.1) is 12.2 Å². The predicted octanol–water partition coefficient (Wildman–Crippen LogP) is 5.21. The van der Waals surface area contributed by atoms with E-state index in [-0.39, 0.29) is 12.2 Å². The van der Waals surface area contributed by atoms with Gasteiger partial charge in [-0.1, -0.05) is 78.1 Å². The van der Waals surface area contributed by atoms with Gasteiger partial charge < -0.3 is 10.2 Å². The van der Waals surface area contributed by atoms with Crippen molar-refractivity contribution in [1.29, 1.82) is 0 Å². The molecule has 0 spiro atoms. The molecule has 20 heavy (non-hydrogen) atoms. The molecule has 0 amide bonds. The van der Waals surface area contributed by atoms with E-state index in [9.17, 15) is 10.2 Å². The third kappa shape index (κ3) is 14.3. The van der Waals surface area contributed by atoms with Crippen LogP contribution >= 0.6 is 0 Å². The lowest BCUT2D eigenvalue weighted by Gasteiger charge is -2.10. The van der Waals surface area contributed by atoms with Gasteiger partial charge in [0.25, 0.3) is 0 Å². The van der Waals surface area contributed by atoms with Crippen LogP contribution in [0.1, 0.15) is 104 Å². The van der Waals surface area contributed by atoms with Crippen molar-refractivity contribution in [2.45, 2.75) is 116 Å². The Morgan fingerprint density at radius 3 is 1.40 bits per heavy atom. The van der Waals surface area contributed by atoms with Crippen molar-refractivity contribution in [3.8, 4) is 0 Å². The number of rotatable bonds is 15. The first-order valence-corrected chi connectivity index (χ1v) is 9.06. The van der Waals surface area contributed by atoms with Crippen molar-refractivity contribution in [2.75, 3.05) is 0 Å². The summed E-state index contributed by atoms with van der Waals surface area (Å²) in [7, 11) is 0. The summed E-state index contributed by atoms with van der Waals surface area (Å²) in [6, 6.07) is 0. The van der Waals surface area contributed by atoms with Gasteiger partial charge in [-0.05, 0) is 25.7 Å². The molecule has 0 aliphatic rings. The van der Waals surface area contributed by atoms with Gasteiger partial charge in [0, 0.05) is 0 Å². The second kappa shape index (κ2) is 15.3. The van der Waals surface area contributed by atoms with Gasteiger partial charge in [-0.25, -0.2) is 0 Å². The zero-order valence-corrected chi connectivity index (χ0v) is 13.9. The molecule has 0 bridgehead atoms. The minimum atomic E-state index is -0.103. The summed E-state index contributed by atoms with van der Waals surface area (Å²) in [4.78, 5) is 0. The van der Waals surface area contributed by atoms with Gasteiger partial charge in [-0.2, -0.15) is 0 Å². The molecule has 0 aromatic heterocycles. The Hall–Kier alpha value is -0.0800. The largest absolute Gasteiger partial charge is 0.393 e. The Morgan fingerprint density at radius 2 is 0.950 bits per heavy atom. The summed E-state index contributed by atoms with van der Waals surface area (Å²) in [6.45, 7) is 4.27. The van der Waals surface area contributed by atoms with E-state index in [4.69, 9.17) is 0 Å². The van der Waals surface area contributed by atoms with Crippen molar-refractivity contribution in [1.82, 2.24) is 0 Å². The summed E-state index contributed by atoms with van der Waals surface area (Å²) in [5, 5.41) is 19.3. The maximum atomic E-state index is 9.89. The molecular weight excluding hydrogens is 248 g/mol. The Bertz CT molecular complexity index is 182. The maximum absolute atomic E-state index is 9.89. The summed E-state index contributed by atoms with van der Waals surface area (Å²) in [5.74, 6) is 0. The number of hydrogen-bond donors (Lipinski definition) is 2. The second-order valence-corrected chi connectivity index (χ2v) is 6.26. The zero-order chi connectivity index (χ0) is 15.1. The van der Waals surface area contributed by atoms with E-state index in [0.29, 0.717) is 0 Å². The lowest BCUT2D eigenvalue weighted by molar-refractivity contribution is 0.145. The predicted molar refractivity (Wildman–Crippen MR) is 88.0 cm³/mol. The molecule has 0 rings (SSSR count). The topological polar surface area (TPSA) is 40.5 Å². The summed E-state index contributed by atoms with van der Waals surface area (Å²) < 4.78 is 0. The van der Waals surface area contributed by atoms with E-state index in [1.54, 1.807) is 0 Å². The Balaban J connectivity index is 3.18. The fourth-order valence-corrected chi connectivity index (χ4v) is 2.62. The first kappa shape index (κ1) is 19.9. The van der Waals surface area contributed by atoms with Gasteiger partial charge in [-0.3, -0.25) is 0 Å². The second-order valence-electron chi connectivity index (χ2n) is 6.26. The summed E-state index contributed by atoms with van der Waals surface area (Å²) in [5.41, 5.74) is 0. The van der Waals surface area contributed by atoms with Crippen LogP contribution in [0.3, 0.4) is 0 Å². The van der Waals surface area contributed by atoms with Crippen molar-refractivity contribution < 1.29 is 10.2 Å². The van der Waals surface area contributed by atoms with Crippen LogP contribution in [0.4, 0.5) is 0 Å². The van der Waals surface area contributed by atoms with Crippen molar-refractivity contribution >= 4 is 0 Å². The van der Waals surface area contributed by atoms with Crippen LogP contribution in [-0.4, -0.2) is 22.4 Å². The number of aliphatic hydroxyl groups excluding tert-OH is 2. The Labute approximate surface area is 127 Å². The van der Waals surface area contributed by atoms with Crippen LogP contribution in [0.5, 0.6) is 0 Å². The fraction of sp³-hybridized carbons (Fsp3) is 1.00. The lowest BCUT2D eigenvalue weighted by atomic mass is 10.0. The molecule has 0 aromatic rings. The van der Waals surface area contributed by atoms with Crippen LogP contribution in [0.2, 0.25) is 0 Å². The smallest absolute Gasteiger partial charge is 0.0540 e. The molecule has 0 heterocycles. The molecule has 0 fully saturated rings. The highest BCUT2D eigenvalue weighted by atomic mass is 16.3. The first-order valence-electron chi connectivity index (χ1n) is 9.06. The van der Waals surface area contributed by atoms with E-state index in [2.05, 4.69) is 6.92 Å². The summed E-state index contributed by atoms with van der Waals surface area (Å²) in [6.07, 6.45) is 16.1. The molecule has 2 atom stereocenters. The minimum absolute atomic E-state index is 0.0811. The van der Waals surface area contributed by atoms with E-state index >= 15 is 0 Å². The normalized spacial score (nSPS) is 14.4. The molecule has 0 aliphatic heterocycles.